The zero-order chi connectivity index (χ0) is 20.4. The Balaban J connectivity index is 1.40. The van der Waals surface area contributed by atoms with Crippen molar-refractivity contribution in [1.29, 1.82) is 0 Å². The summed E-state index contributed by atoms with van der Waals surface area (Å²) in [4.78, 5) is 32.3. The summed E-state index contributed by atoms with van der Waals surface area (Å²) in [6.07, 6.45) is 5.10. The Morgan fingerprint density at radius 1 is 1.10 bits per heavy atom. The van der Waals surface area contributed by atoms with Crippen LogP contribution in [-0.4, -0.2) is 85.4 Å². The number of fused-ring (bicyclic) bond motifs is 4. The van der Waals surface area contributed by atoms with Gasteiger partial charge in [-0.2, -0.15) is 0 Å². The van der Waals surface area contributed by atoms with E-state index in [1.807, 2.05) is 23.1 Å². The van der Waals surface area contributed by atoms with Crippen LogP contribution in [0.1, 0.15) is 36.0 Å². The maximum Gasteiger partial charge on any atom is 0.251 e. The van der Waals surface area contributed by atoms with E-state index in [1.54, 1.807) is 12.1 Å². The maximum absolute atomic E-state index is 12.9. The van der Waals surface area contributed by atoms with E-state index in [4.69, 9.17) is 0 Å². The van der Waals surface area contributed by atoms with Crippen LogP contribution >= 0.6 is 0 Å². The largest absolute Gasteiger partial charge is 0.343 e. The lowest BCUT2D eigenvalue weighted by molar-refractivity contribution is -0.140. The van der Waals surface area contributed by atoms with E-state index < -0.39 is 0 Å². The van der Waals surface area contributed by atoms with Gasteiger partial charge in [0.1, 0.15) is 0 Å². The fourth-order valence-electron chi connectivity index (χ4n) is 5.70. The van der Waals surface area contributed by atoms with Crippen molar-refractivity contribution in [2.24, 2.45) is 11.8 Å². The normalized spacial score (nSPS) is 29.4. The highest BCUT2D eigenvalue weighted by Gasteiger charge is 2.47. The minimum Gasteiger partial charge on any atom is -0.343 e. The van der Waals surface area contributed by atoms with Crippen LogP contribution in [0.3, 0.4) is 0 Å². The van der Waals surface area contributed by atoms with Crippen molar-refractivity contribution in [3.63, 3.8) is 0 Å². The first-order chi connectivity index (χ1) is 14.0. The second-order valence-electron chi connectivity index (χ2n) is 9.23. The molecule has 3 fully saturated rings. The van der Waals surface area contributed by atoms with Gasteiger partial charge in [0, 0.05) is 37.3 Å². The van der Waals surface area contributed by atoms with Gasteiger partial charge in [0.2, 0.25) is 5.91 Å². The standard InChI is InChI=1S/C23H34N4O2/c1-25(2)16-21-19-12-18(20-10-6-7-11-27(20)21)14-26(15-19)22(28)13-24-23(29)17-8-4-3-5-9-17/h3-5,8-9,18-21H,6-7,10-16H2,1-2H3,(H,24,29)/t18-,19+,20+,21+/m1/s1. The third kappa shape index (κ3) is 4.48. The van der Waals surface area contributed by atoms with Gasteiger partial charge in [-0.3, -0.25) is 14.5 Å². The summed E-state index contributed by atoms with van der Waals surface area (Å²) in [6, 6.07) is 10.2. The van der Waals surface area contributed by atoms with Gasteiger partial charge in [0.15, 0.2) is 0 Å². The molecule has 0 aromatic heterocycles. The molecule has 0 radical (unpaired) electrons. The molecule has 6 nitrogen and oxygen atoms in total. The molecule has 3 heterocycles. The van der Waals surface area contributed by atoms with Gasteiger partial charge >= 0.3 is 0 Å². The van der Waals surface area contributed by atoms with E-state index in [0.717, 1.165) is 19.6 Å². The molecule has 0 spiro atoms. The number of carbonyl (C=O) groups excluding carboxylic acids is 2. The van der Waals surface area contributed by atoms with Gasteiger partial charge in [-0.05, 0) is 63.9 Å². The number of nitrogens with zero attached hydrogens (tertiary/aromatic N) is 3. The number of rotatable bonds is 5. The van der Waals surface area contributed by atoms with E-state index in [9.17, 15) is 9.59 Å². The van der Waals surface area contributed by atoms with Crippen molar-refractivity contribution in [2.45, 2.75) is 37.8 Å². The lowest BCUT2D eigenvalue weighted by Gasteiger charge is -2.57. The number of likely N-dealkylation sites (tertiary alicyclic amines) is 1. The van der Waals surface area contributed by atoms with Crippen LogP contribution in [0, 0.1) is 11.8 Å². The molecule has 0 saturated carbocycles. The first-order valence-corrected chi connectivity index (χ1v) is 11.0. The van der Waals surface area contributed by atoms with Crippen molar-refractivity contribution in [3.05, 3.63) is 35.9 Å². The summed E-state index contributed by atoms with van der Waals surface area (Å²) < 4.78 is 0. The Bertz CT molecular complexity index is 723. The van der Waals surface area contributed by atoms with Crippen molar-refractivity contribution in [2.75, 3.05) is 46.8 Å². The number of hydrogen-bond acceptors (Lipinski definition) is 4. The van der Waals surface area contributed by atoms with Gasteiger partial charge in [-0.15, -0.1) is 0 Å². The molecule has 2 amide bonds. The molecule has 3 aliphatic rings. The molecule has 3 saturated heterocycles. The van der Waals surface area contributed by atoms with Gasteiger partial charge in [0.25, 0.3) is 5.91 Å². The molecule has 1 aromatic carbocycles. The van der Waals surface area contributed by atoms with Crippen LogP contribution in [-0.2, 0) is 4.79 Å². The van der Waals surface area contributed by atoms with Crippen LogP contribution in [0.4, 0.5) is 0 Å². The average Bonchev–Trinajstić information content (AvgIpc) is 2.75. The smallest absolute Gasteiger partial charge is 0.251 e. The molecule has 0 unspecified atom stereocenters. The summed E-state index contributed by atoms with van der Waals surface area (Å²) in [5.74, 6) is 0.970. The monoisotopic (exact) mass is 398 g/mol. The molecule has 4 rings (SSSR count). The van der Waals surface area contributed by atoms with Crippen LogP contribution < -0.4 is 5.32 Å². The zero-order valence-electron chi connectivity index (χ0n) is 17.7. The van der Waals surface area contributed by atoms with Crippen molar-refractivity contribution >= 4 is 11.8 Å². The molecular formula is C23H34N4O2. The number of carbonyl (C=O) groups is 2. The number of likely N-dealkylation sites (N-methyl/N-ethyl adjacent to an activating group) is 1. The van der Waals surface area contributed by atoms with Gasteiger partial charge < -0.3 is 15.1 Å². The predicted molar refractivity (Wildman–Crippen MR) is 114 cm³/mol. The fourth-order valence-corrected chi connectivity index (χ4v) is 5.70. The molecule has 0 aliphatic carbocycles. The summed E-state index contributed by atoms with van der Waals surface area (Å²) in [5, 5.41) is 2.81. The first-order valence-electron chi connectivity index (χ1n) is 11.0. The van der Waals surface area contributed by atoms with E-state index in [-0.39, 0.29) is 18.4 Å². The van der Waals surface area contributed by atoms with Crippen LogP contribution in [0.25, 0.3) is 0 Å². The van der Waals surface area contributed by atoms with E-state index in [2.05, 4.69) is 29.2 Å². The van der Waals surface area contributed by atoms with Crippen molar-refractivity contribution < 1.29 is 9.59 Å². The summed E-state index contributed by atoms with van der Waals surface area (Å²) in [7, 11) is 4.30. The van der Waals surface area contributed by atoms with Crippen LogP contribution in [0.15, 0.2) is 30.3 Å². The number of hydrogen-bond donors (Lipinski definition) is 1. The highest BCUT2D eigenvalue weighted by atomic mass is 16.2. The highest BCUT2D eigenvalue weighted by Crippen LogP contribution is 2.41. The molecule has 4 atom stereocenters. The van der Waals surface area contributed by atoms with Crippen LogP contribution in [0.2, 0.25) is 0 Å². The zero-order valence-corrected chi connectivity index (χ0v) is 17.7. The average molecular weight is 399 g/mol. The van der Waals surface area contributed by atoms with Gasteiger partial charge in [0.05, 0.1) is 6.54 Å². The van der Waals surface area contributed by atoms with Gasteiger partial charge in [-0.25, -0.2) is 0 Å². The summed E-state index contributed by atoms with van der Waals surface area (Å²) in [5.41, 5.74) is 0.597. The SMILES string of the molecule is CN(C)C[C@H]1[C@H]2C[C@H](CN(C(=O)CNC(=O)c3ccccc3)C2)[C@@H]2CCCCN21. The third-order valence-electron chi connectivity index (χ3n) is 6.96. The Hall–Kier alpha value is -1.92. The number of nitrogens with one attached hydrogen (secondary N) is 1. The number of amides is 2. The second-order valence-corrected chi connectivity index (χ2v) is 9.23. The molecule has 3 aliphatic heterocycles. The van der Waals surface area contributed by atoms with E-state index >= 15 is 0 Å². The van der Waals surface area contributed by atoms with Crippen molar-refractivity contribution in [1.82, 2.24) is 20.0 Å². The first kappa shape index (κ1) is 20.4. The Labute approximate surface area is 174 Å². The van der Waals surface area contributed by atoms with Crippen LogP contribution in [0.5, 0.6) is 0 Å². The van der Waals surface area contributed by atoms with Gasteiger partial charge in [-0.1, -0.05) is 24.6 Å². The summed E-state index contributed by atoms with van der Waals surface area (Å²) >= 11 is 0. The van der Waals surface area contributed by atoms with Crippen molar-refractivity contribution in [3.8, 4) is 0 Å². The number of benzene rings is 1. The molecule has 29 heavy (non-hydrogen) atoms. The lowest BCUT2D eigenvalue weighted by atomic mass is 9.72. The fraction of sp³-hybridized carbons (Fsp3) is 0.652. The molecule has 1 aromatic rings. The predicted octanol–water partition coefficient (Wildman–Crippen LogP) is 1.68. The second kappa shape index (κ2) is 8.84. The molecule has 1 N–H and O–H groups in total. The lowest BCUT2D eigenvalue weighted by Crippen LogP contribution is -2.66. The molecule has 158 valence electrons. The summed E-state index contributed by atoms with van der Waals surface area (Å²) in [6.45, 7) is 4.00. The quantitative estimate of drug-likeness (QED) is 0.820. The highest BCUT2D eigenvalue weighted by molar-refractivity contribution is 5.96. The Kier molecular flexibility index (Phi) is 6.20. The Morgan fingerprint density at radius 3 is 2.62 bits per heavy atom. The minimum atomic E-state index is -0.180. The molecular weight excluding hydrogens is 364 g/mol. The topological polar surface area (TPSA) is 55.9 Å². The minimum absolute atomic E-state index is 0.0526. The van der Waals surface area contributed by atoms with E-state index in [1.165, 1.54) is 32.2 Å². The maximum atomic E-state index is 12.9. The third-order valence-corrected chi connectivity index (χ3v) is 6.96. The number of piperidine rings is 3. The molecule has 2 bridgehead atoms. The Morgan fingerprint density at radius 2 is 1.86 bits per heavy atom. The molecule has 6 heteroatoms. The van der Waals surface area contributed by atoms with E-state index in [0.29, 0.717) is 29.5 Å².